The Labute approximate surface area is 119 Å². The molecule has 110 valence electrons. The van der Waals surface area contributed by atoms with Gasteiger partial charge in [-0.05, 0) is 49.8 Å². The Balaban J connectivity index is 2.27. The Hall–Kier alpha value is -1.42. The van der Waals surface area contributed by atoms with Crippen molar-refractivity contribution in [1.82, 2.24) is 0 Å². The largest absolute Gasteiger partial charge is 0.494 e. The van der Waals surface area contributed by atoms with Crippen LogP contribution >= 0.6 is 0 Å². The first-order valence-electron chi connectivity index (χ1n) is 7.11. The number of halogens is 1. The number of nitrogens with two attached hydrogens (primary N) is 1. The molecular formula is C16H22FNO2. The summed E-state index contributed by atoms with van der Waals surface area (Å²) < 4.78 is 18.6. The molecule has 0 aliphatic heterocycles. The maximum Gasteiger partial charge on any atom is 0.170 e. The van der Waals surface area contributed by atoms with Gasteiger partial charge in [0.15, 0.2) is 17.3 Å². The van der Waals surface area contributed by atoms with Crippen LogP contribution in [0.4, 0.5) is 4.39 Å². The van der Waals surface area contributed by atoms with Crippen LogP contribution in [0.3, 0.4) is 0 Å². The minimum atomic E-state index is -0.520. The molecule has 0 atom stereocenters. The fourth-order valence-corrected chi connectivity index (χ4v) is 2.95. The van der Waals surface area contributed by atoms with E-state index in [9.17, 15) is 9.18 Å². The molecule has 0 spiro atoms. The molecule has 1 aromatic carbocycles. The molecule has 0 aromatic heterocycles. The van der Waals surface area contributed by atoms with Crippen molar-refractivity contribution in [3.63, 3.8) is 0 Å². The number of ether oxygens (including phenoxy) is 1. The molecule has 1 aliphatic carbocycles. The standard InChI is InChI=1S/C16H22FNO2/c1-11-5-7-16(10-18,8-6-11)15(19)12-3-4-14(20-2)13(17)9-12/h3-4,9,11H,5-8,10,18H2,1-2H3. The highest BCUT2D eigenvalue weighted by Crippen LogP contribution is 2.40. The predicted octanol–water partition coefficient (Wildman–Crippen LogP) is 3.17. The van der Waals surface area contributed by atoms with Crippen LogP contribution in [0.2, 0.25) is 0 Å². The molecule has 0 radical (unpaired) electrons. The van der Waals surface area contributed by atoms with E-state index in [-0.39, 0.29) is 11.5 Å². The lowest BCUT2D eigenvalue weighted by molar-refractivity contribution is 0.0695. The van der Waals surface area contributed by atoms with Gasteiger partial charge in [-0.25, -0.2) is 4.39 Å². The number of Topliss-reactive ketones (excluding diaryl/α,β-unsaturated/α-hetero) is 1. The average molecular weight is 279 g/mol. The summed E-state index contributed by atoms with van der Waals surface area (Å²) in [5, 5.41) is 0. The molecule has 2 rings (SSSR count). The van der Waals surface area contributed by atoms with E-state index in [2.05, 4.69) is 6.92 Å². The van der Waals surface area contributed by atoms with Gasteiger partial charge in [0.1, 0.15) is 0 Å². The van der Waals surface area contributed by atoms with Crippen molar-refractivity contribution in [3.05, 3.63) is 29.6 Å². The van der Waals surface area contributed by atoms with E-state index in [0.29, 0.717) is 18.0 Å². The first kappa shape index (κ1) is 15.0. The minimum absolute atomic E-state index is 0.0338. The summed E-state index contributed by atoms with van der Waals surface area (Å²) >= 11 is 0. The van der Waals surface area contributed by atoms with Gasteiger partial charge in [-0.3, -0.25) is 4.79 Å². The van der Waals surface area contributed by atoms with Crippen molar-refractivity contribution >= 4 is 5.78 Å². The number of hydrogen-bond acceptors (Lipinski definition) is 3. The highest BCUT2D eigenvalue weighted by molar-refractivity contribution is 6.00. The SMILES string of the molecule is COc1ccc(C(=O)C2(CN)CCC(C)CC2)cc1F. The molecule has 1 saturated carbocycles. The second-order valence-electron chi connectivity index (χ2n) is 5.85. The molecule has 20 heavy (non-hydrogen) atoms. The maximum atomic E-state index is 13.8. The van der Waals surface area contributed by atoms with Gasteiger partial charge >= 0.3 is 0 Å². The van der Waals surface area contributed by atoms with Crippen LogP contribution in [-0.2, 0) is 0 Å². The third-order valence-corrected chi connectivity index (χ3v) is 4.52. The second-order valence-corrected chi connectivity index (χ2v) is 5.85. The first-order chi connectivity index (χ1) is 9.52. The van der Waals surface area contributed by atoms with Crippen LogP contribution in [-0.4, -0.2) is 19.4 Å². The lowest BCUT2D eigenvalue weighted by atomic mass is 9.67. The van der Waals surface area contributed by atoms with Crippen molar-refractivity contribution in [1.29, 1.82) is 0 Å². The summed E-state index contributed by atoms with van der Waals surface area (Å²) in [7, 11) is 1.41. The molecule has 3 nitrogen and oxygen atoms in total. The lowest BCUT2D eigenvalue weighted by Gasteiger charge is -2.37. The minimum Gasteiger partial charge on any atom is -0.494 e. The van der Waals surface area contributed by atoms with Gasteiger partial charge in [-0.1, -0.05) is 6.92 Å². The first-order valence-corrected chi connectivity index (χ1v) is 7.11. The van der Waals surface area contributed by atoms with E-state index in [4.69, 9.17) is 10.5 Å². The van der Waals surface area contributed by atoms with Crippen LogP contribution in [0.15, 0.2) is 18.2 Å². The van der Waals surface area contributed by atoms with E-state index in [1.54, 1.807) is 6.07 Å². The Morgan fingerprint density at radius 1 is 1.45 bits per heavy atom. The summed E-state index contributed by atoms with van der Waals surface area (Å²) in [4.78, 5) is 12.7. The van der Waals surface area contributed by atoms with Crippen molar-refractivity contribution in [2.75, 3.05) is 13.7 Å². The maximum absolute atomic E-state index is 13.8. The zero-order valence-corrected chi connectivity index (χ0v) is 12.1. The van der Waals surface area contributed by atoms with Gasteiger partial charge in [0, 0.05) is 17.5 Å². The van der Waals surface area contributed by atoms with E-state index in [1.807, 2.05) is 0 Å². The van der Waals surface area contributed by atoms with Gasteiger partial charge in [-0.2, -0.15) is 0 Å². The highest BCUT2D eigenvalue weighted by Gasteiger charge is 2.40. The van der Waals surface area contributed by atoms with Crippen molar-refractivity contribution in [2.45, 2.75) is 32.6 Å². The number of hydrogen-bond donors (Lipinski definition) is 1. The number of ketones is 1. The van der Waals surface area contributed by atoms with Crippen molar-refractivity contribution in [3.8, 4) is 5.75 Å². The lowest BCUT2D eigenvalue weighted by Crippen LogP contribution is -2.41. The monoisotopic (exact) mass is 279 g/mol. The molecule has 0 amide bonds. The van der Waals surface area contributed by atoms with Crippen LogP contribution in [0.5, 0.6) is 5.75 Å². The fraction of sp³-hybridized carbons (Fsp3) is 0.562. The van der Waals surface area contributed by atoms with Gasteiger partial charge in [0.2, 0.25) is 0 Å². The Morgan fingerprint density at radius 2 is 2.10 bits per heavy atom. The smallest absolute Gasteiger partial charge is 0.170 e. The molecular weight excluding hydrogens is 257 g/mol. The second kappa shape index (κ2) is 5.92. The van der Waals surface area contributed by atoms with E-state index in [0.717, 1.165) is 25.7 Å². The topological polar surface area (TPSA) is 52.3 Å². The zero-order chi connectivity index (χ0) is 14.8. The molecule has 0 bridgehead atoms. The van der Waals surface area contributed by atoms with Crippen LogP contribution in [0, 0.1) is 17.2 Å². The third-order valence-electron chi connectivity index (χ3n) is 4.52. The van der Waals surface area contributed by atoms with Gasteiger partial charge < -0.3 is 10.5 Å². The number of methoxy groups -OCH3 is 1. The Kier molecular flexibility index (Phi) is 4.43. The molecule has 4 heteroatoms. The summed E-state index contributed by atoms with van der Waals surface area (Å²) in [6.45, 7) is 2.52. The van der Waals surface area contributed by atoms with Gasteiger partial charge in [0.25, 0.3) is 0 Å². The molecule has 1 fully saturated rings. The van der Waals surface area contributed by atoms with E-state index >= 15 is 0 Å². The molecule has 0 unspecified atom stereocenters. The molecule has 0 heterocycles. The van der Waals surface area contributed by atoms with Crippen LogP contribution in [0.1, 0.15) is 43.0 Å². The number of carbonyl (C=O) groups excluding carboxylic acids is 1. The molecule has 0 saturated heterocycles. The highest BCUT2D eigenvalue weighted by atomic mass is 19.1. The summed E-state index contributed by atoms with van der Waals surface area (Å²) in [6.07, 6.45) is 3.58. The normalized spacial score (nSPS) is 26.3. The summed E-state index contributed by atoms with van der Waals surface area (Å²) in [5.41, 5.74) is 5.75. The Bertz CT molecular complexity index is 493. The zero-order valence-electron chi connectivity index (χ0n) is 12.1. The number of benzene rings is 1. The predicted molar refractivity (Wildman–Crippen MR) is 76.4 cm³/mol. The fourth-order valence-electron chi connectivity index (χ4n) is 2.95. The number of rotatable bonds is 4. The quantitative estimate of drug-likeness (QED) is 0.861. The van der Waals surface area contributed by atoms with E-state index < -0.39 is 11.2 Å². The average Bonchev–Trinajstić information content (AvgIpc) is 2.47. The molecule has 1 aromatic rings. The third kappa shape index (κ3) is 2.70. The van der Waals surface area contributed by atoms with Gasteiger partial charge in [0.05, 0.1) is 7.11 Å². The van der Waals surface area contributed by atoms with E-state index in [1.165, 1.54) is 19.2 Å². The summed E-state index contributed by atoms with van der Waals surface area (Å²) in [5.74, 6) is 0.249. The number of carbonyl (C=O) groups is 1. The Morgan fingerprint density at radius 3 is 2.60 bits per heavy atom. The summed E-state index contributed by atoms with van der Waals surface area (Å²) in [6, 6.07) is 4.38. The molecule has 2 N–H and O–H groups in total. The van der Waals surface area contributed by atoms with Crippen LogP contribution in [0.25, 0.3) is 0 Å². The van der Waals surface area contributed by atoms with Crippen molar-refractivity contribution in [2.24, 2.45) is 17.1 Å². The molecule has 1 aliphatic rings. The van der Waals surface area contributed by atoms with Crippen molar-refractivity contribution < 1.29 is 13.9 Å². The van der Waals surface area contributed by atoms with Crippen LogP contribution < -0.4 is 10.5 Å². The van der Waals surface area contributed by atoms with Gasteiger partial charge in [-0.15, -0.1) is 0 Å².